The number of benzene rings is 2. The van der Waals surface area contributed by atoms with Crippen molar-refractivity contribution >= 4 is 27.8 Å². The lowest BCUT2D eigenvalue weighted by Gasteiger charge is -2.26. The molecule has 2 atom stereocenters. The molecule has 1 aliphatic heterocycles. The van der Waals surface area contributed by atoms with Crippen LogP contribution in [-0.2, 0) is 26.3 Å². The number of ether oxygens (including phenoxy) is 1. The first kappa shape index (κ1) is 17.0. The molecule has 1 amide bonds. The molecule has 5 heteroatoms. The summed E-state index contributed by atoms with van der Waals surface area (Å²) in [5, 5.41) is 0. The number of rotatable bonds is 4. The molecule has 0 saturated carbocycles. The predicted octanol–water partition coefficient (Wildman–Crippen LogP) is 3.56. The number of halogens is 1. The molecule has 0 spiro atoms. The van der Waals surface area contributed by atoms with Gasteiger partial charge in [0.15, 0.2) is 5.41 Å². The monoisotopic (exact) mass is 411 g/mol. The van der Waals surface area contributed by atoms with Gasteiger partial charge >= 0.3 is 5.97 Å². The van der Waals surface area contributed by atoms with E-state index in [1.807, 2.05) is 60.7 Å². The molecule has 0 saturated heterocycles. The number of esters is 1. The fraction of sp³-hybridized carbons (Fsp3) is 0.238. The molecule has 4 nitrogen and oxygen atoms in total. The third-order valence-electron chi connectivity index (χ3n) is 5.10. The molecule has 2 unspecified atom stereocenters. The zero-order valence-electron chi connectivity index (χ0n) is 14.3. The van der Waals surface area contributed by atoms with Gasteiger partial charge in [0, 0.05) is 5.70 Å². The van der Waals surface area contributed by atoms with Crippen LogP contribution in [0.25, 0.3) is 0 Å². The Kier molecular flexibility index (Phi) is 4.19. The van der Waals surface area contributed by atoms with Gasteiger partial charge in [-0.15, -0.1) is 0 Å². The third kappa shape index (κ3) is 2.42. The van der Waals surface area contributed by atoms with Gasteiger partial charge in [0.1, 0.15) is 0 Å². The summed E-state index contributed by atoms with van der Waals surface area (Å²) in [4.78, 5) is 27.1. The Labute approximate surface area is 160 Å². The molecule has 0 N–H and O–H groups in total. The number of hydrogen-bond acceptors (Lipinski definition) is 3. The Morgan fingerprint density at radius 2 is 1.77 bits per heavy atom. The number of carbonyl (C=O) groups is 2. The Bertz CT molecular complexity index is 894. The molecule has 0 bridgehead atoms. The van der Waals surface area contributed by atoms with Crippen LogP contribution in [0.2, 0.25) is 0 Å². The van der Waals surface area contributed by atoms with E-state index >= 15 is 0 Å². The van der Waals surface area contributed by atoms with Gasteiger partial charge < -0.3 is 9.64 Å². The summed E-state index contributed by atoms with van der Waals surface area (Å²) in [6.07, 6.45) is 0.517. The van der Waals surface area contributed by atoms with Crippen molar-refractivity contribution < 1.29 is 14.3 Å². The van der Waals surface area contributed by atoms with Crippen molar-refractivity contribution in [1.82, 2.24) is 4.90 Å². The van der Waals surface area contributed by atoms with Crippen molar-refractivity contribution in [1.29, 1.82) is 0 Å². The normalized spacial score (nSPS) is 24.3. The molecule has 2 aliphatic rings. The van der Waals surface area contributed by atoms with Gasteiger partial charge in [-0.1, -0.05) is 76.6 Å². The number of carbonyl (C=O) groups excluding carboxylic acids is 2. The van der Waals surface area contributed by atoms with Gasteiger partial charge in [-0.3, -0.25) is 9.59 Å². The largest absolute Gasteiger partial charge is 0.468 e. The first-order valence-electron chi connectivity index (χ1n) is 8.48. The van der Waals surface area contributed by atoms with Crippen LogP contribution >= 0.6 is 15.9 Å². The summed E-state index contributed by atoms with van der Waals surface area (Å²) in [6.45, 7) is 0.437. The average molecular weight is 412 g/mol. The number of likely N-dealkylation sites (tertiary alicyclic amines) is 1. The SMILES string of the molecule is COC(=O)C1(c2ccccc2)C2=C1N(Cc1ccccc1)C(=O)C(Br)C2. The van der Waals surface area contributed by atoms with E-state index in [2.05, 4.69) is 15.9 Å². The van der Waals surface area contributed by atoms with Crippen LogP contribution in [-0.4, -0.2) is 28.7 Å². The van der Waals surface area contributed by atoms with Crippen LogP contribution in [0.15, 0.2) is 71.9 Å². The van der Waals surface area contributed by atoms with Crippen LogP contribution < -0.4 is 0 Å². The van der Waals surface area contributed by atoms with E-state index in [4.69, 9.17) is 4.74 Å². The molecule has 0 fully saturated rings. The van der Waals surface area contributed by atoms with Crippen LogP contribution in [0, 0.1) is 0 Å². The number of hydrogen-bond donors (Lipinski definition) is 0. The van der Waals surface area contributed by atoms with Crippen molar-refractivity contribution in [2.24, 2.45) is 0 Å². The average Bonchev–Trinajstić information content (AvgIpc) is 3.35. The van der Waals surface area contributed by atoms with Crippen molar-refractivity contribution in [3.8, 4) is 0 Å². The van der Waals surface area contributed by atoms with Gasteiger partial charge in [0.25, 0.3) is 0 Å². The highest BCUT2D eigenvalue weighted by Crippen LogP contribution is 2.61. The van der Waals surface area contributed by atoms with E-state index in [9.17, 15) is 9.59 Å². The second kappa shape index (κ2) is 6.40. The van der Waals surface area contributed by atoms with E-state index in [0.29, 0.717) is 13.0 Å². The lowest BCUT2D eigenvalue weighted by atomic mass is 9.88. The molecule has 0 radical (unpaired) electrons. The Hall–Kier alpha value is -2.40. The van der Waals surface area contributed by atoms with Crippen LogP contribution in [0.4, 0.5) is 0 Å². The highest BCUT2D eigenvalue weighted by molar-refractivity contribution is 9.10. The maximum absolute atomic E-state index is 12.9. The zero-order valence-corrected chi connectivity index (χ0v) is 15.9. The van der Waals surface area contributed by atoms with Gasteiger partial charge in [0.2, 0.25) is 5.91 Å². The van der Waals surface area contributed by atoms with Gasteiger partial charge in [-0.2, -0.15) is 0 Å². The van der Waals surface area contributed by atoms with Crippen LogP contribution in [0.5, 0.6) is 0 Å². The Balaban J connectivity index is 1.78. The second-order valence-electron chi connectivity index (χ2n) is 6.52. The molecule has 2 aromatic carbocycles. The summed E-state index contributed by atoms with van der Waals surface area (Å²) >= 11 is 3.49. The number of amides is 1. The Morgan fingerprint density at radius 1 is 1.15 bits per heavy atom. The zero-order chi connectivity index (χ0) is 18.3. The smallest absolute Gasteiger partial charge is 0.326 e. The number of methoxy groups -OCH3 is 1. The molecular weight excluding hydrogens is 394 g/mol. The van der Waals surface area contributed by atoms with E-state index in [-0.39, 0.29) is 16.7 Å². The van der Waals surface area contributed by atoms with E-state index in [0.717, 1.165) is 22.4 Å². The van der Waals surface area contributed by atoms with Crippen molar-refractivity contribution in [2.45, 2.75) is 23.2 Å². The molecule has 4 rings (SSSR count). The molecular formula is C21H18BrNO3. The van der Waals surface area contributed by atoms with Crippen molar-refractivity contribution in [3.63, 3.8) is 0 Å². The predicted molar refractivity (Wildman–Crippen MR) is 101 cm³/mol. The molecule has 1 aliphatic carbocycles. The summed E-state index contributed by atoms with van der Waals surface area (Å²) in [5.74, 6) is -0.351. The molecule has 1 heterocycles. The first-order chi connectivity index (χ1) is 12.6. The minimum Gasteiger partial charge on any atom is -0.468 e. The quantitative estimate of drug-likeness (QED) is 0.570. The summed E-state index contributed by atoms with van der Waals surface area (Å²) in [6, 6.07) is 19.4. The fourth-order valence-electron chi connectivity index (χ4n) is 3.89. The van der Waals surface area contributed by atoms with Gasteiger partial charge in [0.05, 0.1) is 18.5 Å². The summed E-state index contributed by atoms with van der Waals surface area (Å²) < 4.78 is 5.16. The highest BCUT2D eigenvalue weighted by Gasteiger charge is 2.66. The lowest BCUT2D eigenvalue weighted by Crippen LogP contribution is -2.37. The van der Waals surface area contributed by atoms with E-state index in [1.165, 1.54) is 7.11 Å². The third-order valence-corrected chi connectivity index (χ3v) is 5.82. The molecule has 26 heavy (non-hydrogen) atoms. The number of nitrogens with zero attached hydrogens (tertiary/aromatic N) is 1. The lowest BCUT2D eigenvalue weighted by molar-refractivity contribution is -0.143. The maximum Gasteiger partial charge on any atom is 0.326 e. The Morgan fingerprint density at radius 3 is 2.38 bits per heavy atom. The van der Waals surface area contributed by atoms with Crippen molar-refractivity contribution in [3.05, 3.63) is 83.1 Å². The second-order valence-corrected chi connectivity index (χ2v) is 7.62. The van der Waals surface area contributed by atoms with E-state index < -0.39 is 5.41 Å². The van der Waals surface area contributed by atoms with Crippen molar-refractivity contribution in [2.75, 3.05) is 7.11 Å². The topological polar surface area (TPSA) is 46.6 Å². The molecule has 2 aromatic rings. The van der Waals surface area contributed by atoms with Gasteiger partial charge in [-0.05, 0) is 23.1 Å². The maximum atomic E-state index is 12.9. The summed E-state index contributed by atoms with van der Waals surface area (Å²) in [5.41, 5.74) is 2.67. The molecule has 132 valence electrons. The van der Waals surface area contributed by atoms with Gasteiger partial charge in [-0.25, -0.2) is 0 Å². The standard InChI is InChI=1S/C21H18BrNO3/c1-26-20(25)21(15-10-6-3-7-11-15)16-12-17(22)19(24)23(18(16)21)13-14-8-4-2-5-9-14/h2-11,17H,12-13H2,1H3. The molecule has 0 aromatic heterocycles. The summed E-state index contributed by atoms with van der Waals surface area (Å²) in [7, 11) is 1.40. The van der Waals surface area contributed by atoms with E-state index in [1.54, 1.807) is 4.90 Å². The first-order valence-corrected chi connectivity index (χ1v) is 9.39. The van der Waals surface area contributed by atoms with Crippen LogP contribution in [0.3, 0.4) is 0 Å². The minimum atomic E-state index is -0.941. The fourth-order valence-corrected chi connectivity index (χ4v) is 4.46. The minimum absolute atomic E-state index is 0.0192. The van der Waals surface area contributed by atoms with Crippen LogP contribution in [0.1, 0.15) is 17.5 Å². The highest BCUT2D eigenvalue weighted by atomic mass is 79.9. The number of alkyl halides is 1.